The highest BCUT2D eigenvalue weighted by molar-refractivity contribution is 5.94. The minimum Gasteiger partial charge on any atom is -0.349 e. The average Bonchev–Trinajstić information content (AvgIpc) is 2.44. The standard InChI is InChI=1S/C15H21FN2O2/c1-18(2)14(19)8-4-6-12-5-3-7-13(11-12)15(20)17-10-9-16/h3,5,7,11H,4,6,8-10H2,1-2H3,(H,17,20). The Morgan fingerprint density at radius 3 is 2.70 bits per heavy atom. The molecule has 1 N–H and O–H groups in total. The number of amides is 2. The molecule has 0 aliphatic rings. The van der Waals surface area contributed by atoms with E-state index in [2.05, 4.69) is 5.32 Å². The highest BCUT2D eigenvalue weighted by Crippen LogP contribution is 2.09. The Kier molecular flexibility index (Phi) is 6.70. The third-order valence-corrected chi connectivity index (χ3v) is 2.92. The van der Waals surface area contributed by atoms with Crippen LogP contribution in [0.2, 0.25) is 0 Å². The first-order valence-electron chi connectivity index (χ1n) is 6.68. The molecule has 1 aromatic rings. The maximum absolute atomic E-state index is 12.0. The summed E-state index contributed by atoms with van der Waals surface area (Å²) < 4.78 is 12.0. The Hall–Kier alpha value is -1.91. The lowest BCUT2D eigenvalue weighted by molar-refractivity contribution is -0.128. The number of aryl methyl sites for hydroxylation is 1. The Morgan fingerprint density at radius 1 is 1.30 bits per heavy atom. The Labute approximate surface area is 119 Å². The fraction of sp³-hybridized carbons (Fsp3) is 0.467. The summed E-state index contributed by atoms with van der Waals surface area (Å²) in [4.78, 5) is 24.7. The number of nitrogens with zero attached hydrogens (tertiary/aromatic N) is 1. The van der Waals surface area contributed by atoms with Crippen LogP contribution in [0.1, 0.15) is 28.8 Å². The van der Waals surface area contributed by atoms with Crippen molar-refractivity contribution in [1.82, 2.24) is 10.2 Å². The minimum absolute atomic E-state index is 0.0282. The molecular formula is C15H21FN2O2. The number of rotatable bonds is 7. The van der Waals surface area contributed by atoms with Crippen LogP contribution in [0, 0.1) is 0 Å². The van der Waals surface area contributed by atoms with Gasteiger partial charge in [-0.15, -0.1) is 0 Å². The van der Waals surface area contributed by atoms with Crippen molar-refractivity contribution in [3.8, 4) is 0 Å². The molecule has 0 unspecified atom stereocenters. The lowest BCUT2D eigenvalue weighted by atomic mass is 10.0. The molecule has 0 atom stereocenters. The van der Waals surface area contributed by atoms with E-state index >= 15 is 0 Å². The lowest BCUT2D eigenvalue weighted by Gasteiger charge is -2.10. The second kappa shape index (κ2) is 8.30. The molecule has 0 saturated heterocycles. The molecule has 0 bridgehead atoms. The molecule has 0 aliphatic carbocycles. The topological polar surface area (TPSA) is 49.4 Å². The summed E-state index contributed by atoms with van der Waals surface area (Å²) in [6, 6.07) is 7.20. The molecule has 1 aromatic carbocycles. The van der Waals surface area contributed by atoms with Crippen molar-refractivity contribution in [3.63, 3.8) is 0 Å². The SMILES string of the molecule is CN(C)C(=O)CCCc1cccc(C(=O)NCCF)c1. The van der Waals surface area contributed by atoms with Gasteiger partial charge in [-0.1, -0.05) is 12.1 Å². The van der Waals surface area contributed by atoms with E-state index in [1.807, 2.05) is 6.07 Å². The van der Waals surface area contributed by atoms with Crippen LogP contribution in [0.4, 0.5) is 4.39 Å². The van der Waals surface area contributed by atoms with Crippen molar-refractivity contribution in [3.05, 3.63) is 35.4 Å². The van der Waals surface area contributed by atoms with Crippen LogP contribution in [0.5, 0.6) is 0 Å². The number of carbonyl (C=O) groups is 2. The summed E-state index contributed by atoms with van der Waals surface area (Å²) >= 11 is 0. The van der Waals surface area contributed by atoms with Gasteiger partial charge < -0.3 is 10.2 Å². The zero-order valence-electron chi connectivity index (χ0n) is 12.0. The molecule has 0 heterocycles. The van der Waals surface area contributed by atoms with Crippen LogP contribution >= 0.6 is 0 Å². The van der Waals surface area contributed by atoms with Gasteiger partial charge in [0.25, 0.3) is 5.91 Å². The van der Waals surface area contributed by atoms with Gasteiger partial charge in [-0.3, -0.25) is 9.59 Å². The summed E-state index contributed by atoms with van der Waals surface area (Å²) in [5.41, 5.74) is 1.53. The molecule has 1 rings (SSSR count). The number of hydrogen-bond acceptors (Lipinski definition) is 2. The average molecular weight is 280 g/mol. The van der Waals surface area contributed by atoms with E-state index < -0.39 is 6.67 Å². The molecule has 5 heteroatoms. The largest absolute Gasteiger partial charge is 0.349 e. The normalized spacial score (nSPS) is 10.2. The van der Waals surface area contributed by atoms with Crippen LogP contribution in [0.3, 0.4) is 0 Å². The van der Waals surface area contributed by atoms with E-state index in [0.29, 0.717) is 12.0 Å². The monoisotopic (exact) mass is 280 g/mol. The Morgan fingerprint density at radius 2 is 2.05 bits per heavy atom. The van der Waals surface area contributed by atoms with Crippen LogP contribution in [0.25, 0.3) is 0 Å². The zero-order chi connectivity index (χ0) is 15.0. The van der Waals surface area contributed by atoms with Gasteiger partial charge in [-0.05, 0) is 30.5 Å². The molecule has 0 aromatic heterocycles. The maximum atomic E-state index is 12.0. The van der Waals surface area contributed by atoms with E-state index in [0.717, 1.165) is 18.4 Å². The van der Waals surface area contributed by atoms with E-state index in [4.69, 9.17) is 0 Å². The molecule has 4 nitrogen and oxygen atoms in total. The van der Waals surface area contributed by atoms with Gasteiger partial charge in [0, 0.05) is 32.6 Å². The highest BCUT2D eigenvalue weighted by Gasteiger charge is 2.07. The molecule has 2 amide bonds. The second-order valence-corrected chi connectivity index (χ2v) is 4.79. The van der Waals surface area contributed by atoms with Gasteiger partial charge in [0.2, 0.25) is 5.91 Å². The van der Waals surface area contributed by atoms with E-state index in [-0.39, 0.29) is 18.4 Å². The summed E-state index contributed by atoms with van der Waals surface area (Å²) in [7, 11) is 3.47. The number of halogens is 1. The third kappa shape index (κ3) is 5.38. The van der Waals surface area contributed by atoms with Gasteiger partial charge in [0.1, 0.15) is 6.67 Å². The second-order valence-electron chi connectivity index (χ2n) is 4.79. The van der Waals surface area contributed by atoms with Crippen molar-refractivity contribution in [1.29, 1.82) is 0 Å². The molecule has 0 aliphatic heterocycles. The Balaban J connectivity index is 2.51. The van der Waals surface area contributed by atoms with Crippen LogP contribution in [0.15, 0.2) is 24.3 Å². The predicted octanol–water partition coefficient (Wildman–Crippen LogP) is 1.80. The first kappa shape index (κ1) is 16.1. The number of alkyl halides is 1. The fourth-order valence-corrected chi connectivity index (χ4v) is 1.80. The van der Waals surface area contributed by atoms with Gasteiger partial charge >= 0.3 is 0 Å². The highest BCUT2D eigenvalue weighted by atomic mass is 19.1. The number of nitrogens with one attached hydrogen (secondary N) is 1. The molecule has 110 valence electrons. The van der Waals surface area contributed by atoms with E-state index in [1.54, 1.807) is 37.2 Å². The van der Waals surface area contributed by atoms with Crippen molar-refractivity contribution in [2.24, 2.45) is 0 Å². The van der Waals surface area contributed by atoms with E-state index in [9.17, 15) is 14.0 Å². The van der Waals surface area contributed by atoms with Crippen LogP contribution in [-0.4, -0.2) is 44.0 Å². The fourth-order valence-electron chi connectivity index (χ4n) is 1.80. The molecular weight excluding hydrogens is 259 g/mol. The maximum Gasteiger partial charge on any atom is 0.251 e. The molecule has 0 saturated carbocycles. The first-order valence-corrected chi connectivity index (χ1v) is 6.68. The van der Waals surface area contributed by atoms with Crippen molar-refractivity contribution in [2.75, 3.05) is 27.3 Å². The van der Waals surface area contributed by atoms with Crippen molar-refractivity contribution < 1.29 is 14.0 Å². The smallest absolute Gasteiger partial charge is 0.251 e. The van der Waals surface area contributed by atoms with Gasteiger partial charge in [0.05, 0.1) is 0 Å². The van der Waals surface area contributed by atoms with Crippen molar-refractivity contribution >= 4 is 11.8 Å². The summed E-state index contributed by atoms with van der Waals surface area (Å²) in [5.74, 6) is -0.171. The molecule has 0 radical (unpaired) electrons. The van der Waals surface area contributed by atoms with Crippen molar-refractivity contribution in [2.45, 2.75) is 19.3 Å². The van der Waals surface area contributed by atoms with Gasteiger partial charge in [0.15, 0.2) is 0 Å². The zero-order valence-corrected chi connectivity index (χ0v) is 12.0. The predicted molar refractivity (Wildman–Crippen MR) is 76.4 cm³/mol. The number of benzene rings is 1. The summed E-state index contributed by atoms with van der Waals surface area (Å²) in [6.07, 6.45) is 1.97. The summed E-state index contributed by atoms with van der Waals surface area (Å²) in [5, 5.41) is 2.49. The Bertz CT molecular complexity index is 461. The molecule has 0 spiro atoms. The van der Waals surface area contributed by atoms with Crippen LogP contribution in [-0.2, 0) is 11.2 Å². The minimum atomic E-state index is -0.571. The van der Waals surface area contributed by atoms with Gasteiger partial charge in [-0.25, -0.2) is 4.39 Å². The van der Waals surface area contributed by atoms with E-state index in [1.165, 1.54) is 0 Å². The van der Waals surface area contributed by atoms with Crippen LogP contribution < -0.4 is 5.32 Å². The lowest BCUT2D eigenvalue weighted by Crippen LogP contribution is -2.25. The third-order valence-electron chi connectivity index (χ3n) is 2.92. The number of carbonyl (C=O) groups excluding carboxylic acids is 2. The first-order chi connectivity index (χ1) is 9.54. The number of hydrogen-bond donors (Lipinski definition) is 1. The molecule has 0 fully saturated rings. The molecule has 20 heavy (non-hydrogen) atoms. The van der Waals surface area contributed by atoms with Gasteiger partial charge in [-0.2, -0.15) is 0 Å². The summed E-state index contributed by atoms with van der Waals surface area (Å²) in [6.45, 7) is -0.543. The quantitative estimate of drug-likeness (QED) is 0.828.